The normalized spacial score (nSPS) is 10.2. The zero-order valence-corrected chi connectivity index (χ0v) is 14.6. The first kappa shape index (κ1) is 18.5. The number of nitrogens with zero attached hydrogens (tertiary/aromatic N) is 1. The van der Waals surface area contributed by atoms with Crippen LogP contribution in [0.3, 0.4) is 0 Å². The molecular formula is C20H23NO4. The molecule has 0 aliphatic rings. The maximum atomic E-state index is 12.9. The first-order valence-corrected chi connectivity index (χ1v) is 8.18. The van der Waals surface area contributed by atoms with Gasteiger partial charge in [0, 0.05) is 13.1 Å². The van der Waals surface area contributed by atoms with E-state index in [9.17, 15) is 9.59 Å². The number of esters is 1. The predicted octanol–water partition coefficient (Wildman–Crippen LogP) is 2.94. The predicted molar refractivity (Wildman–Crippen MR) is 95.7 cm³/mol. The summed E-state index contributed by atoms with van der Waals surface area (Å²) in [6, 6.07) is 17.0. The third-order valence-electron chi connectivity index (χ3n) is 3.95. The van der Waals surface area contributed by atoms with Crippen molar-refractivity contribution in [1.29, 1.82) is 0 Å². The van der Waals surface area contributed by atoms with Gasteiger partial charge in [0.1, 0.15) is 5.75 Å². The van der Waals surface area contributed by atoms with Crippen molar-refractivity contribution in [3.8, 4) is 5.75 Å². The summed E-state index contributed by atoms with van der Waals surface area (Å²) in [5.74, 6) is 0.0325. The van der Waals surface area contributed by atoms with Crippen LogP contribution in [0.25, 0.3) is 0 Å². The molecule has 2 aromatic rings. The van der Waals surface area contributed by atoms with E-state index in [0.29, 0.717) is 30.8 Å². The molecule has 0 spiro atoms. The van der Waals surface area contributed by atoms with Crippen LogP contribution in [0.1, 0.15) is 22.3 Å². The van der Waals surface area contributed by atoms with Gasteiger partial charge in [-0.15, -0.1) is 0 Å². The molecule has 0 saturated heterocycles. The minimum absolute atomic E-state index is 0.155. The maximum absolute atomic E-state index is 12.9. The number of carbonyl (C=O) groups excluding carboxylic acids is 2. The lowest BCUT2D eigenvalue weighted by Gasteiger charge is -2.23. The van der Waals surface area contributed by atoms with E-state index < -0.39 is 0 Å². The lowest BCUT2D eigenvalue weighted by molar-refractivity contribution is -0.140. The van der Waals surface area contributed by atoms with Crippen LogP contribution in [0, 0.1) is 0 Å². The fraction of sp³-hybridized carbons (Fsp3) is 0.300. The van der Waals surface area contributed by atoms with Gasteiger partial charge in [0.25, 0.3) is 5.91 Å². The molecule has 0 atom stereocenters. The summed E-state index contributed by atoms with van der Waals surface area (Å²) in [5.41, 5.74) is 1.63. The Hall–Kier alpha value is -2.82. The minimum Gasteiger partial charge on any atom is -0.496 e. The molecule has 132 valence electrons. The molecule has 0 heterocycles. The quantitative estimate of drug-likeness (QED) is 0.693. The van der Waals surface area contributed by atoms with E-state index in [1.807, 2.05) is 36.4 Å². The van der Waals surface area contributed by atoms with E-state index in [2.05, 4.69) is 0 Å². The SMILES string of the molecule is COC(=O)CCN(CCc1ccccc1)C(=O)c1ccccc1OC. The van der Waals surface area contributed by atoms with Crippen LogP contribution in [-0.4, -0.2) is 44.1 Å². The van der Waals surface area contributed by atoms with Crippen molar-refractivity contribution in [2.24, 2.45) is 0 Å². The van der Waals surface area contributed by atoms with E-state index >= 15 is 0 Å². The van der Waals surface area contributed by atoms with E-state index in [0.717, 1.165) is 5.56 Å². The van der Waals surface area contributed by atoms with E-state index in [4.69, 9.17) is 9.47 Å². The summed E-state index contributed by atoms with van der Waals surface area (Å²) in [6.45, 7) is 0.814. The number of methoxy groups -OCH3 is 2. The Bertz CT molecular complexity index is 700. The Balaban J connectivity index is 2.14. The number of hydrogen-bond acceptors (Lipinski definition) is 4. The molecule has 0 unspecified atom stereocenters. The van der Waals surface area contributed by atoms with Crippen molar-refractivity contribution >= 4 is 11.9 Å². The topological polar surface area (TPSA) is 55.8 Å². The summed E-state index contributed by atoms with van der Waals surface area (Å²) in [6.07, 6.45) is 0.870. The van der Waals surface area contributed by atoms with Gasteiger partial charge < -0.3 is 14.4 Å². The molecule has 2 rings (SSSR count). The fourth-order valence-electron chi connectivity index (χ4n) is 2.54. The number of benzene rings is 2. The number of rotatable bonds is 8. The van der Waals surface area contributed by atoms with Gasteiger partial charge in [0.15, 0.2) is 0 Å². The Kier molecular flexibility index (Phi) is 7.01. The average molecular weight is 341 g/mol. The fourth-order valence-corrected chi connectivity index (χ4v) is 2.54. The van der Waals surface area contributed by atoms with Crippen molar-refractivity contribution in [2.75, 3.05) is 27.3 Å². The van der Waals surface area contributed by atoms with Crippen LogP contribution in [0.4, 0.5) is 0 Å². The molecule has 0 aromatic heterocycles. The van der Waals surface area contributed by atoms with Gasteiger partial charge in [-0.25, -0.2) is 0 Å². The van der Waals surface area contributed by atoms with Crippen LogP contribution >= 0.6 is 0 Å². The molecule has 0 N–H and O–H groups in total. The second-order valence-electron chi connectivity index (χ2n) is 5.55. The number of ether oxygens (including phenoxy) is 2. The minimum atomic E-state index is -0.336. The third kappa shape index (κ3) is 5.35. The number of carbonyl (C=O) groups is 2. The van der Waals surface area contributed by atoms with Crippen LogP contribution < -0.4 is 4.74 Å². The van der Waals surface area contributed by atoms with Crippen molar-refractivity contribution in [3.63, 3.8) is 0 Å². The molecule has 0 saturated carbocycles. The Morgan fingerprint density at radius 3 is 2.28 bits per heavy atom. The Morgan fingerprint density at radius 2 is 1.60 bits per heavy atom. The first-order valence-electron chi connectivity index (χ1n) is 8.18. The van der Waals surface area contributed by atoms with Gasteiger partial charge in [-0.05, 0) is 24.1 Å². The van der Waals surface area contributed by atoms with Crippen molar-refractivity contribution < 1.29 is 19.1 Å². The number of amides is 1. The molecule has 0 radical (unpaired) electrons. The van der Waals surface area contributed by atoms with Gasteiger partial charge in [-0.2, -0.15) is 0 Å². The zero-order chi connectivity index (χ0) is 18.1. The smallest absolute Gasteiger partial charge is 0.307 e. The van der Waals surface area contributed by atoms with Crippen LogP contribution in [0.15, 0.2) is 54.6 Å². The van der Waals surface area contributed by atoms with Crippen LogP contribution in [0.2, 0.25) is 0 Å². The monoisotopic (exact) mass is 341 g/mol. The maximum Gasteiger partial charge on any atom is 0.307 e. The van der Waals surface area contributed by atoms with E-state index in [1.165, 1.54) is 14.2 Å². The number of para-hydroxylation sites is 1. The van der Waals surface area contributed by atoms with Gasteiger partial charge in [0.05, 0.1) is 26.2 Å². The number of hydrogen-bond donors (Lipinski definition) is 0. The Morgan fingerprint density at radius 1 is 0.920 bits per heavy atom. The van der Waals surface area contributed by atoms with Crippen molar-refractivity contribution in [1.82, 2.24) is 4.90 Å². The van der Waals surface area contributed by atoms with Gasteiger partial charge in [0.2, 0.25) is 0 Å². The molecule has 0 aliphatic carbocycles. The van der Waals surface area contributed by atoms with E-state index in [1.54, 1.807) is 23.1 Å². The average Bonchev–Trinajstić information content (AvgIpc) is 2.68. The third-order valence-corrected chi connectivity index (χ3v) is 3.95. The molecule has 5 nitrogen and oxygen atoms in total. The summed E-state index contributed by atoms with van der Waals surface area (Å²) in [7, 11) is 2.88. The molecule has 1 amide bonds. The van der Waals surface area contributed by atoms with E-state index in [-0.39, 0.29) is 18.3 Å². The summed E-state index contributed by atoms with van der Waals surface area (Å²) < 4.78 is 9.98. The van der Waals surface area contributed by atoms with Crippen LogP contribution in [0.5, 0.6) is 5.75 Å². The van der Waals surface area contributed by atoms with Gasteiger partial charge in [-0.3, -0.25) is 9.59 Å². The second kappa shape index (κ2) is 9.47. The summed E-state index contributed by atoms with van der Waals surface area (Å²) >= 11 is 0. The first-order chi connectivity index (χ1) is 12.2. The summed E-state index contributed by atoms with van der Waals surface area (Å²) in [5, 5.41) is 0. The second-order valence-corrected chi connectivity index (χ2v) is 5.55. The van der Waals surface area contributed by atoms with Crippen LogP contribution in [-0.2, 0) is 16.0 Å². The lowest BCUT2D eigenvalue weighted by atomic mass is 10.1. The highest BCUT2D eigenvalue weighted by Crippen LogP contribution is 2.20. The van der Waals surface area contributed by atoms with Gasteiger partial charge in [-0.1, -0.05) is 42.5 Å². The molecule has 25 heavy (non-hydrogen) atoms. The highest BCUT2D eigenvalue weighted by molar-refractivity contribution is 5.97. The molecule has 0 fully saturated rings. The standard InChI is InChI=1S/C20H23NO4/c1-24-18-11-7-6-10-17(18)20(23)21(15-13-19(22)25-2)14-12-16-8-4-3-5-9-16/h3-11H,12-15H2,1-2H3. The van der Waals surface area contributed by atoms with Gasteiger partial charge >= 0.3 is 5.97 Å². The summed E-state index contributed by atoms with van der Waals surface area (Å²) in [4.78, 5) is 26.1. The molecule has 0 bridgehead atoms. The molecule has 0 aliphatic heterocycles. The largest absolute Gasteiger partial charge is 0.496 e. The lowest BCUT2D eigenvalue weighted by Crippen LogP contribution is -2.35. The Labute approximate surface area is 148 Å². The van der Waals surface area contributed by atoms with Crippen molar-refractivity contribution in [3.05, 3.63) is 65.7 Å². The highest BCUT2D eigenvalue weighted by atomic mass is 16.5. The highest BCUT2D eigenvalue weighted by Gasteiger charge is 2.20. The molecular weight excluding hydrogens is 318 g/mol. The molecule has 5 heteroatoms. The molecule has 2 aromatic carbocycles. The zero-order valence-electron chi connectivity index (χ0n) is 14.6. The van der Waals surface area contributed by atoms with Crippen molar-refractivity contribution in [2.45, 2.75) is 12.8 Å².